The quantitative estimate of drug-likeness (QED) is 0.726. The largest absolute Gasteiger partial charge is 0.466 e. The molecule has 1 amide bonds. The minimum Gasteiger partial charge on any atom is -0.466 e. The molecule has 7 heteroatoms. The summed E-state index contributed by atoms with van der Waals surface area (Å²) in [6, 6.07) is 8.00. The van der Waals surface area contributed by atoms with Crippen LogP contribution in [0.2, 0.25) is 0 Å². The summed E-state index contributed by atoms with van der Waals surface area (Å²) in [4.78, 5) is 30.0. The highest BCUT2D eigenvalue weighted by Gasteiger charge is 2.27. The summed E-state index contributed by atoms with van der Waals surface area (Å²) in [6.45, 7) is 5.40. The first kappa shape index (κ1) is 19.1. The predicted octanol–water partition coefficient (Wildman–Crippen LogP) is 3.09. The number of amides is 1. The van der Waals surface area contributed by atoms with Crippen molar-refractivity contribution < 1.29 is 18.8 Å². The number of carbonyl (C=O) groups excluding carboxylic acids is 2. The number of aromatic nitrogens is 2. The summed E-state index contributed by atoms with van der Waals surface area (Å²) < 4.78 is 10.3. The summed E-state index contributed by atoms with van der Waals surface area (Å²) in [5.41, 5.74) is 2.12. The van der Waals surface area contributed by atoms with Gasteiger partial charge in [0.15, 0.2) is 0 Å². The van der Waals surface area contributed by atoms with Gasteiger partial charge in [0.05, 0.1) is 13.0 Å². The fraction of sp³-hybridized carbons (Fsp3) is 0.500. The number of hydrogen-bond acceptors (Lipinski definition) is 6. The average Bonchev–Trinajstić information content (AvgIpc) is 3.17. The number of nitrogens with zero attached hydrogens (tertiary/aromatic N) is 3. The zero-order valence-corrected chi connectivity index (χ0v) is 15.8. The van der Waals surface area contributed by atoms with Crippen molar-refractivity contribution in [2.24, 2.45) is 0 Å². The molecule has 1 saturated heterocycles. The predicted molar refractivity (Wildman–Crippen MR) is 98.9 cm³/mol. The summed E-state index contributed by atoms with van der Waals surface area (Å²) in [6.07, 6.45) is 1.89. The molecule has 1 aliphatic rings. The van der Waals surface area contributed by atoms with Crippen LogP contribution in [0.25, 0.3) is 11.4 Å². The fourth-order valence-electron chi connectivity index (χ4n) is 3.20. The minimum absolute atomic E-state index is 0.00706. The van der Waals surface area contributed by atoms with Crippen molar-refractivity contribution in [3.8, 4) is 11.4 Å². The van der Waals surface area contributed by atoms with Crippen LogP contribution in [0.15, 0.2) is 28.8 Å². The molecule has 0 N–H and O–H groups in total. The van der Waals surface area contributed by atoms with Gasteiger partial charge < -0.3 is 14.2 Å². The molecule has 1 aromatic heterocycles. The van der Waals surface area contributed by atoms with Gasteiger partial charge in [0.2, 0.25) is 17.6 Å². The molecule has 0 spiro atoms. The zero-order chi connectivity index (χ0) is 19.2. The molecule has 0 atom stereocenters. The van der Waals surface area contributed by atoms with Crippen molar-refractivity contribution in [2.45, 2.75) is 45.4 Å². The molecule has 0 unspecified atom stereocenters. The lowest BCUT2D eigenvalue weighted by atomic mass is 9.96. The highest BCUT2D eigenvalue weighted by atomic mass is 16.5. The Morgan fingerprint density at radius 3 is 2.56 bits per heavy atom. The summed E-state index contributed by atoms with van der Waals surface area (Å²) in [7, 11) is 0. The highest BCUT2D eigenvalue weighted by molar-refractivity contribution is 5.81. The monoisotopic (exact) mass is 371 g/mol. The molecule has 27 heavy (non-hydrogen) atoms. The second-order valence-electron chi connectivity index (χ2n) is 6.78. The first-order chi connectivity index (χ1) is 13.1. The third-order valence-corrected chi connectivity index (χ3v) is 4.80. The van der Waals surface area contributed by atoms with Gasteiger partial charge in [-0.2, -0.15) is 4.98 Å². The molecule has 0 bridgehead atoms. The molecule has 7 nitrogen and oxygen atoms in total. The number of esters is 1. The number of likely N-dealkylation sites (tertiary alicyclic amines) is 1. The van der Waals surface area contributed by atoms with Gasteiger partial charge in [0.1, 0.15) is 0 Å². The molecule has 1 aromatic carbocycles. The maximum absolute atomic E-state index is 12.2. The van der Waals surface area contributed by atoms with Crippen LogP contribution in [0, 0.1) is 6.92 Å². The van der Waals surface area contributed by atoms with Crippen molar-refractivity contribution >= 4 is 11.9 Å². The summed E-state index contributed by atoms with van der Waals surface area (Å²) >= 11 is 0. The SMILES string of the molecule is CCOC(=O)CCC(=O)N1CCC(c2nc(-c3ccc(C)cc3)no2)CC1. The smallest absolute Gasteiger partial charge is 0.306 e. The van der Waals surface area contributed by atoms with E-state index in [0.717, 1.165) is 18.4 Å². The molecule has 1 aliphatic heterocycles. The lowest BCUT2D eigenvalue weighted by Crippen LogP contribution is -2.38. The standard InChI is InChI=1S/C20H25N3O4/c1-3-26-18(25)9-8-17(24)23-12-10-16(11-13-23)20-21-19(22-27-20)15-6-4-14(2)5-7-15/h4-7,16H,3,8-13H2,1-2H3. The Morgan fingerprint density at radius 2 is 1.89 bits per heavy atom. The van der Waals surface area contributed by atoms with E-state index in [2.05, 4.69) is 10.1 Å². The lowest BCUT2D eigenvalue weighted by Gasteiger charge is -2.30. The van der Waals surface area contributed by atoms with E-state index < -0.39 is 0 Å². The van der Waals surface area contributed by atoms with E-state index in [-0.39, 0.29) is 30.6 Å². The molecule has 2 aromatic rings. The molecular weight excluding hydrogens is 346 g/mol. The van der Waals surface area contributed by atoms with Gasteiger partial charge in [-0.15, -0.1) is 0 Å². The van der Waals surface area contributed by atoms with Crippen LogP contribution in [0.5, 0.6) is 0 Å². The van der Waals surface area contributed by atoms with Gasteiger partial charge in [-0.05, 0) is 26.7 Å². The summed E-state index contributed by atoms with van der Waals surface area (Å²) in [5.74, 6) is 1.05. The van der Waals surface area contributed by atoms with Gasteiger partial charge in [-0.25, -0.2) is 0 Å². The second kappa shape index (κ2) is 8.79. The first-order valence-electron chi connectivity index (χ1n) is 9.41. The minimum atomic E-state index is -0.324. The fourth-order valence-corrected chi connectivity index (χ4v) is 3.20. The summed E-state index contributed by atoms with van der Waals surface area (Å²) in [5, 5.41) is 4.09. The number of ether oxygens (including phenoxy) is 1. The Balaban J connectivity index is 1.51. The van der Waals surface area contributed by atoms with E-state index in [1.54, 1.807) is 11.8 Å². The van der Waals surface area contributed by atoms with Gasteiger partial charge in [0, 0.05) is 31.0 Å². The van der Waals surface area contributed by atoms with Crippen LogP contribution in [-0.4, -0.2) is 46.6 Å². The molecule has 0 saturated carbocycles. The number of benzene rings is 1. The Morgan fingerprint density at radius 1 is 1.19 bits per heavy atom. The normalized spacial score (nSPS) is 15.0. The lowest BCUT2D eigenvalue weighted by molar-refractivity contribution is -0.145. The zero-order valence-electron chi connectivity index (χ0n) is 15.8. The van der Waals surface area contributed by atoms with E-state index in [1.165, 1.54) is 5.56 Å². The Bertz CT molecular complexity index is 777. The second-order valence-corrected chi connectivity index (χ2v) is 6.78. The number of piperidine rings is 1. The van der Waals surface area contributed by atoms with Gasteiger partial charge in [0.25, 0.3) is 0 Å². The third kappa shape index (κ3) is 4.93. The molecule has 2 heterocycles. The molecule has 3 rings (SSSR count). The third-order valence-electron chi connectivity index (χ3n) is 4.80. The van der Waals surface area contributed by atoms with Crippen LogP contribution in [-0.2, 0) is 14.3 Å². The topological polar surface area (TPSA) is 85.5 Å². The van der Waals surface area contributed by atoms with Crippen LogP contribution in [0.4, 0.5) is 0 Å². The molecule has 0 radical (unpaired) electrons. The van der Waals surface area contributed by atoms with Crippen molar-refractivity contribution in [2.75, 3.05) is 19.7 Å². The van der Waals surface area contributed by atoms with E-state index in [0.29, 0.717) is 31.4 Å². The van der Waals surface area contributed by atoms with Crippen molar-refractivity contribution in [3.63, 3.8) is 0 Å². The average molecular weight is 371 g/mol. The number of aryl methyl sites for hydroxylation is 1. The van der Waals surface area contributed by atoms with Crippen molar-refractivity contribution in [3.05, 3.63) is 35.7 Å². The molecule has 144 valence electrons. The van der Waals surface area contributed by atoms with Gasteiger partial charge in [-0.3, -0.25) is 9.59 Å². The van der Waals surface area contributed by atoms with Crippen molar-refractivity contribution in [1.82, 2.24) is 15.0 Å². The Labute approximate surface area is 158 Å². The van der Waals surface area contributed by atoms with Gasteiger partial charge >= 0.3 is 5.97 Å². The number of hydrogen-bond donors (Lipinski definition) is 0. The highest BCUT2D eigenvalue weighted by Crippen LogP contribution is 2.29. The first-order valence-corrected chi connectivity index (χ1v) is 9.41. The van der Waals surface area contributed by atoms with Crippen LogP contribution < -0.4 is 0 Å². The molecule has 0 aliphatic carbocycles. The number of rotatable bonds is 6. The maximum atomic E-state index is 12.2. The van der Waals surface area contributed by atoms with Crippen LogP contribution >= 0.6 is 0 Å². The maximum Gasteiger partial charge on any atom is 0.306 e. The number of carbonyl (C=O) groups is 2. The van der Waals surface area contributed by atoms with Crippen LogP contribution in [0.3, 0.4) is 0 Å². The Hall–Kier alpha value is -2.70. The van der Waals surface area contributed by atoms with E-state index in [1.807, 2.05) is 31.2 Å². The van der Waals surface area contributed by atoms with Gasteiger partial charge in [-0.1, -0.05) is 35.0 Å². The van der Waals surface area contributed by atoms with Crippen molar-refractivity contribution in [1.29, 1.82) is 0 Å². The Kier molecular flexibility index (Phi) is 6.21. The molecular formula is C20H25N3O4. The van der Waals surface area contributed by atoms with Crippen LogP contribution in [0.1, 0.15) is 50.0 Å². The van der Waals surface area contributed by atoms with E-state index in [4.69, 9.17) is 9.26 Å². The molecule has 1 fully saturated rings. The van der Waals surface area contributed by atoms with E-state index >= 15 is 0 Å². The van der Waals surface area contributed by atoms with E-state index in [9.17, 15) is 9.59 Å².